The first kappa shape index (κ1) is 10.6. The molecule has 5 heteroatoms. The average molecular weight is 217 g/mol. The van der Waals surface area contributed by atoms with Crippen molar-refractivity contribution in [1.82, 2.24) is 19.7 Å². The minimum absolute atomic E-state index is 0.819. The first-order valence-corrected chi connectivity index (χ1v) is 5.30. The maximum Gasteiger partial charge on any atom is 0.161 e. The monoisotopic (exact) mass is 217 g/mol. The number of nitrogens with zero attached hydrogens (tertiary/aromatic N) is 4. The highest BCUT2D eigenvalue weighted by atomic mass is 15.3. The third kappa shape index (κ3) is 1.88. The van der Waals surface area contributed by atoms with Crippen molar-refractivity contribution in [2.45, 2.75) is 20.8 Å². The van der Waals surface area contributed by atoms with Gasteiger partial charge in [0.15, 0.2) is 5.82 Å². The van der Waals surface area contributed by atoms with Gasteiger partial charge in [-0.1, -0.05) is 0 Å². The van der Waals surface area contributed by atoms with Gasteiger partial charge >= 0.3 is 0 Å². The standard InChI is InChI=1S/C11H15N5/c1-4-12-10-9(3)11(14-7-13-10)16-6-5-8(2)15-16/h5-7H,4H2,1-3H3,(H,12,13,14). The van der Waals surface area contributed by atoms with Crippen LogP contribution in [0.15, 0.2) is 18.6 Å². The van der Waals surface area contributed by atoms with Gasteiger partial charge in [0, 0.05) is 18.3 Å². The Labute approximate surface area is 94.5 Å². The van der Waals surface area contributed by atoms with Crippen LogP contribution in [-0.4, -0.2) is 26.3 Å². The van der Waals surface area contributed by atoms with E-state index in [0.717, 1.165) is 29.4 Å². The molecule has 1 N–H and O–H groups in total. The average Bonchev–Trinajstić information content (AvgIpc) is 2.68. The number of anilines is 1. The van der Waals surface area contributed by atoms with Crippen LogP contribution in [0.4, 0.5) is 5.82 Å². The quantitative estimate of drug-likeness (QED) is 0.850. The normalized spacial score (nSPS) is 10.4. The second-order valence-corrected chi connectivity index (χ2v) is 3.60. The van der Waals surface area contributed by atoms with Crippen LogP contribution in [-0.2, 0) is 0 Å². The molecule has 0 saturated carbocycles. The van der Waals surface area contributed by atoms with Gasteiger partial charge in [0.2, 0.25) is 0 Å². The Balaban J connectivity index is 2.45. The zero-order valence-corrected chi connectivity index (χ0v) is 9.73. The highest BCUT2D eigenvalue weighted by Gasteiger charge is 2.08. The first-order valence-electron chi connectivity index (χ1n) is 5.30. The predicted molar refractivity (Wildman–Crippen MR) is 62.8 cm³/mol. The summed E-state index contributed by atoms with van der Waals surface area (Å²) in [7, 11) is 0. The Kier molecular flexibility index (Phi) is 2.85. The van der Waals surface area contributed by atoms with E-state index in [1.165, 1.54) is 0 Å². The highest BCUT2D eigenvalue weighted by molar-refractivity contribution is 5.50. The molecule has 2 rings (SSSR count). The number of aryl methyl sites for hydroxylation is 1. The van der Waals surface area contributed by atoms with E-state index in [1.807, 2.05) is 33.0 Å². The molecule has 2 aromatic rings. The second-order valence-electron chi connectivity index (χ2n) is 3.60. The summed E-state index contributed by atoms with van der Waals surface area (Å²) < 4.78 is 1.77. The number of aromatic nitrogens is 4. The Morgan fingerprint density at radius 2 is 2.12 bits per heavy atom. The van der Waals surface area contributed by atoms with Gasteiger partial charge in [0.05, 0.1) is 5.69 Å². The molecule has 84 valence electrons. The molecule has 0 atom stereocenters. The van der Waals surface area contributed by atoms with Gasteiger partial charge in [-0.25, -0.2) is 14.6 Å². The molecule has 0 saturated heterocycles. The van der Waals surface area contributed by atoms with E-state index < -0.39 is 0 Å². The summed E-state index contributed by atoms with van der Waals surface area (Å²) in [6.45, 7) is 6.83. The topological polar surface area (TPSA) is 55.6 Å². The molecule has 0 aliphatic rings. The van der Waals surface area contributed by atoms with Crippen LogP contribution in [0.25, 0.3) is 5.82 Å². The summed E-state index contributed by atoms with van der Waals surface area (Å²) in [4.78, 5) is 8.45. The van der Waals surface area contributed by atoms with Gasteiger partial charge in [-0.3, -0.25) is 0 Å². The van der Waals surface area contributed by atoms with E-state index in [1.54, 1.807) is 11.0 Å². The first-order chi connectivity index (χ1) is 7.72. The fraction of sp³-hybridized carbons (Fsp3) is 0.364. The number of hydrogen-bond acceptors (Lipinski definition) is 4. The lowest BCUT2D eigenvalue weighted by atomic mass is 10.3. The van der Waals surface area contributed by atoms with Crippen LogP contribution in [0, 0.1) is 13.8 Å². The van der Waals surface area contributed by atoms with Crippen LogP contribution < -0.4 is 5.32 Å². The van der Waals surface area contributed by atoms with Crippen LogP contribution in [0.2, 0.25) is 0 Å². The minimum Gasteiger partial charge on any atom is -0.370 e. The molecule has 0 amide bonds. The lowest BCUT2D eigenvalue weighted by Gasteiger charge is -2.09. The van der Waals surface area contributed by atoms with E-state index >= 15 is 0 Å². The molecular weight excluding hydrogens is 202 g/mol. The molecule has 0 aliphatic heterocycles. The minimum atomic E-state index is 0.819. The molecule has 0 spiro atoms. The molecule has 0 unspecified atom stereocenters. The van der Waals surface area contributed by atoms with Crippen LogP contribution in [0.5, 0.6) is 0 Å². The van der Waals surface area contributed by atoms with Crippen molar-refractivity contribution in [2.24, 2.45) is 0 Å². The van der Waals surface area contributed by atoms with Crippen molar-refractivity contribution < 1.29 is 0 Å². The van der Waals surface area contributed by atoms with E-state index in [9.17, 15) is 0 Å². The molecule has 0 bridgehead atoms. The van der Waals surface area contributed by atoms with E-state index in [4.69, 9.17) is 0 Å². The van der Waals surface area contributed by atoms with Crippen LogP contribution in [0.3, 0.4) is 0 Å². The van der Waals surface area contributed by atoms with Crippen molar-refractivity contribution in [2.75, 3.05) is 11.9 Å². The fourth-order valence-corrected chi connectivity index (χ4v) is 1.55. The van der Waals surface area contributed by atoms with Crippen molar-refractivity contribution in [1.29, 1.82) is 0 Å². The number of nitrogens with one attached hydrogen (secondary N) is 1. The second kappa shape index (κ2) is 4.30. The summed E-state index contributed by atoms with van der Waals surface area (Å²) in [5.41, 5.74) is 1.98. The van der Waals surface area contributed by atoms with Gasteiger partial charge < -0.3 is 5.32 Å². The van der Waals surface area contributed by atoms with Crippen molar-refractivity contribution in [3.8, 4) is 5.82 Å². The Hall–Kier alpha value is -1.91. The molecule has 0 aliphatic carbocycles. The SMILES string of the molecule is CCNc1ncnc(-n2ccc(C)n2)c1C. The van der Waals surface area contributed by atoms with Gasteiger partial charge in [-0.05, 0) is 26.8 Å². The smallest absolute Gasteiger partial charge is 0.161 e. The van der Waals surface area contributed by atoms with E-state index in [0.29, 0.717) is 0 Å². The van der Waals surface area contributed by atoms with Gasteiger partial charge in [-0.15, -0.1) is 0 Å². The third-order valence-corrected chi connectivity index (χ3v) is 2.34. The molecule has 0 radical (unpaired) electrons. The maximum absolute atomic E-state index is 4.34. The molecular formula is C11H15N5. The van der Waals surface area contributed by atoms with Crippen molar-refractivity contribution in [3.05, 3.63) is 29.8 Å². The molecule has 0 fully saturated rings. The lowest BCUT2D eigenvalue weighted by molar-refractivity contribution is 0.817. The van der Waals surface area contributed by atoms with E-state index in [-0.39, 0.29) is 0 Å². The summed E-state index contributed by atoms with van der Waals surface area (Å²) in [5.74, 6) is 1.68. The van der Waals surface area contributed by atoms with Crippen LogP contribution >= 0.6 is 0 Å². The van der Waals surface area contributed by atoms with Crippen molar-refractivity contribution >= 4 is 5.82 Å². The predicted octanol–water partition coefficient (Wildman–Crippen LogP) is 1.71. The van der Waals surface area contributed by atoms with Gasteiger partial charge in [0.25, 0.3) is 0 Å². The molecule has 2 heterocycles. The molecule has 5 nitrogen and oxygen atoms in total. The summed E-state index contributed by atoms with van der Waals surface area (Å²) in [6, 6.07) is 1.95. The van der Waals surface area contributed by atoms with Crippen LogP contribution in [0.1, 0.15) is 18.2 Å². The highest BCUT2D eigenvalue weighted by Crippen LogP contribution is 2.16. The Morgan fingerprint density at radius 3 is 2.75 bits per heavy atom. The van der Waals surface area contributed by atoms with Crippen molar-refractivity contribution in [3.63, 3.8) is 0 Å². The van der Waals surface area contributed by atoms with Gasteiger partial charge in [0.1, 0.15) is 12.1 Å². The van der Waals surface area contributed by atoms with Gasteiger partial charge in [-0.2, -0.15) is 5.10 Å². The van der Waals surface area contributed by atoms with E-state index in [2.05, 4.69) is 20.4 Å². The fourth-order valence-electron chi connectivity index (χ4n) is 1.55. The summed E-state index contributed by atoms with van der Waals surface area (Å²) in [6.07, 6.45) is 3.46. The maximum atomic E-state index is 4.34. The molecule has 2 aromatic heterocycles. The summed E-state index contributed by atoms with van der Waals surface area (Å²) >= 11 is 0. The molecule has 16 heavy (non-hydrogen) atoms. The zero-order valence-electron chi connectivity index (χ0n) is 9.73. The zero-order chi connectivity index (χ0) is 11.5. The Bertz CT molecular complexity index is 489. The third-order valence-electron chi connectivity index (χ3n) is 2.34. The number of hydrogen-bond donors (Lipinski definition) is 1. The lowest BCUT2D eigenvalue weighted by Crippen LogP contribution is -2.08. The number of rotatable bonds is 3. The Morgan fingerprint density at radius 1 is 1.31 bits per heavy atom. The molecule has 0 aromatic carbocycles. The largest absolute Gasteiger partial charge is 0.370 e. The summed E-state index contributed by atoms with van der Waals surface area (Å²) in [5, 5.41) is 7.54.